The highest BCUT2D eigenvalue weighted by atomic mass is 14.5. The smallest absolute Gasteiger partial charge is 0.0660 e. The van der Waals surface area contributed by atoms with E-state index in [9.17, 15) is 0 Å². The average Bonchev–Trinajstić information content (AvgIpc) is 2.68. The second-order valence-electron chi connectivity index (χ2n) is 5.64. The predicted octanol–water partition coefficient (Wildman–Crippen LogP) is 3.96. The van der Waals surface area contributed by atoms with Gasteiger partial charge in [-0.05, 0) is 36.5 Å². The van der Waals surface area contributed by atoms with Crippen LogP contribution < -0.4 is 0 Å². The summed E-state index contributed by atoms with van der Waals surface area (Å²) in [6, 6.07) is 0. The van der Waals surface area contributed by atoms with E-state index in [4.69, 9.17) is 7.85 Å². The highest BCUT2D eigenvalue weighted by Gasteiger charge is 2.42. The maximum atomic E-state index is 6.06. The van der Waals surface area contributed by atoms with Crippen molar-refractivity contribution in [3.8, 4) is 0 Å². The van der Waals surface area contributed by atoms with Crippen molar-refractivity contribution in [2.45, 2.75) is 64.6 Å². The number of hydrogen-bond acceptors (Lipinski definition) is 0. The van der Waals surface area contributed by atoms with Crippen molar-refractivity contribution in [2.24, 2.45) is 17.3 Å². The summed E-state index contributed by atoms with van der Waals surface area (Å²) in [6.07, 6.45) is 12.5. The van der Waals surface area contributed by atoms with Gasteiger partial charge in [0.1, 0.15) is 0 Å². The molecule has 2 saturated carbocycles. The molecular formula is C13H23B. The van der Waals surface area contributed by atoms with Gasteiger partial charge in [0.15, 0.2) is 0 Å². The van der Waals surface area contributed by atoms with Crippen molar-refractivity contribution >= 4 is 7.85 Å². The molecule has 2 radical (unpaired) electrons. The number of hydrogen-bond donors (Lipinski definition) is 0. The maximum absolute atomic E-state index is 6.06. The Morgan fingerprint density at radius 1 is 1.07 bits per heavy atom. The van der Waals surface area contributed by atoms with E-state index in [0.717, 1.165) is 18.2 Å². The van der Waals surface area contributed by atoms with Gasteiger partial charge < -0.3 is 0 Å². The van der Waals surface area contributed by atoms with Crippen LogP contribution in [0, 0.1) is 17.3 Å². The van der Waals surface area contributed by atoms with Crippen molar-refractivity contribution < 1.29 is 0 Å². The van der Waals surface area contributed by atoms with Crippen molar-refractivity contribution in [1.82, 2.24) is 0 Å². The molecule has 0 amide bonds. The largest absolute Gasteiger partial charge is 0.0829 e. The van der Waals surface area contributed by atoms with Gasteiger partial charge in [0, 0.05) is 0 Å². The third-order valence-electron chi connectivity index (χ3n) is 4.90. The molecule has 2 atom stereocenters. The van der Waals surface area contributed by atoms with Gasteiger partial charge in [-0.25, -0.2) is 0 Å². The van der Waals surface area contributed by atoms with E-state index in [-0.39, 0.29) is 0 Å². The van der Waals surface area contributed by atoms with Crippen molar-refractivity contribution in [2.75, 3.05) is 0 Å². The zero-order valence-corrected chi connectivity index (χ0v) is 9.60. The van der Waals surface area contributed by atoms with Crippen LogP contribution in [0.1, 0.15) is 58.3 Å². The summed E-state index contributed by atoms with van der Waals surface area (Å²) in [5.41, 5.74) is 0.555. The first kappa shape index (κ1) is 10.6. The van der Waals surface area contributed by atoms with E-state index in [1.165, 1.54) is 51.4 Å². The van der Waals surface area contributed by atoms with Gasteiger partial charge >= 0.3 is 0 Å². The summed E-state index contributed by atoms with van der Waals surface area (Å²) in [6.45, 7) is 2.46. The quantitative estimate of drug-likeness (QED) is 0.578. The molecule has 0 heterocycles. The number of rotatable bonds is 2. The Balaban J connectivity index is 2.09. The molecule has 0 nitrogen and oxygen atoms in total. The first-order chi connectivity index (χ1) is 6.78. The fourth-order valence-electron chi connectivity index (χ4n) is 4.03. The van der Waals surface area contributed by atoms with Crippen molar-refractivity contribution in [1.29, 1.82) is 0 Å². The third kappa shape index (κ3) is 1.75. The molecule has 78 valence electrons. The molecule has 0 aromatic rings. The highest BCUT2D eigenvalue weighted by molar-refractivity contribution is 6.09. The lowest BCUT2D eigenvalue weighted by Crippen LogP contribution is -2.34. The molecule has 1 heteroatoms. The molecule has 2 fully saturated rings. The van der Waals surface area contributed by atoms with E-state index in [0.29, 0.717) is 5.41 Å². The third-order valence-corrected chi connectivity index (χ3v) is 4.90. The van der Waals surface area contributed by atoms with Gasteiger partial charge in [0.25, 0.3) is 0 Å². The molecule has 2 rings (SSSR count). The Labute approximate surface area is 90.3 Å². The summed E-state index contributed by atoms with van der Waals surface area (Å²) in [5, 5.41) is 0. The molecule has 0 aliphatic heterocycles. The minimum Gasteiger partial charge on any atom is -0.0829 e. The fraction of sp³-hybridized carbons (Fsp3) is 1.00. The Hall–Kier alpha value is 0.0649. The highest BCUT2D eigenvalue weighted by Crippen LogP contribution is 2.53. The summed E-state index contributed by atoms with van der Waals surface area (Å²) >= 11 is 0. The summed E-state index contributed by atoms with van der Waals surface area (Å²) in [7, 11) is 6.06. The predicted molar refractivity (Wildman–Crippen MR) is 62.6 cm³/mol. The molecule has 0 bridgehead atoms. The maximum Gasteiger partial charge on any atom is 0.0660 e. The second-order valence-corrected chi connectivity index (χ2v) is 5.64. The van der Waals surface area contributed by atoms with E-state index in [1.807, 2.05) is 0 Å². The fourth-order valence-corrected chi connectivity index (χ4v) is 4.03. The van der Waals surface area contributed by atoms with Crippen LogP contribution in [0.15, 0.2) is 0 Å². The molecule has 2 unspecified atom stereocenters. The van der Waals surface area contributed by atoms with Gasteiger partial charge in [0.05, 0.1) is 7.85 Å². The van der Waals surface area contributed by atoms with Gasteiger partial charge in [-0.1, -0.05) is 45.3 Å². The van der Waals surface area contributed by atoms with Crippen LogP contribution in [0.4, 0.5) is 0 Å². The molecule has 0 aromatic carbocycles. The van der Waals surface area contributed by atoms with Crippen LogP contribution in [0.2, 0.25) is 6.32 Å². The first-order valence-corrected chi connectivity index (χ1v) is 6.48. The molecule has 2 aliphatic carbocycles. The van der Waals surface area contributed by atoms with Crippen molar-refractivity contribution in [3.05, 3.63) is 0 Å². The monoisotopic (exact) mass is 190 g/mol. The molecule has 2 aliphatic rings. The summed E-state index contributed by atoms with van der Waals surface area (Å²) in [5.74, 6) is 1.88. The average molecular weight is 190 g/mol. The molecule has 0 saturated heterocycles. The van der Waals surface area contributed by atoms with E-state index in [2.05, 4.69) is 6.92 Å². The van der Waals surface area contributed by atoms with E-state index in [1.54, 1.807) is 0 Å². The Bertz CT molecular complexity index is 182. The van der Waals surface area contributed by atoms with Gasteiger partial charge in [-0.3, -0.25) is 0 Å². The van der Waals surface area contributed by atoms with Crippen LogP contribution in [0.3, 0.4) is 0 Å². The van der Waals surface area contributed by atoms with Crippen LogP contribution in [0.25, 0.3) is 0 Å². The summed E-state index contributed by atoms with van der Waals surface area (Å²) in [4.78, 5) is 0. The normalized spacial score (nSPS) is 37.2. The van der Waals surface area contributed by atoms with Gasteiger partial charge in [-0.15, -0.1) is 0 Å². The first-order valence-electron chi connectivity index (χ1n) is 6.48. The molecule has 0 spiro atoms. The summed E-state index contributed by atoms with van der Waals surface area (Å²) < 4.78 is 0. The van der Waals surface area contributed by atoms with Crippen LogP contribution in [-0.4, -0.2) is 7.85 Å². The Kier molecular flexibility index (Phi) is 3.24. The molecule has 0 aromatic heterocycles. The SMILES string of the molecule is [B]CC1(C2CCCCC2C)CCCC1. The topological polar surface area (TPSA) is 0 Å². The van der Waals surface area contributed by atoms with E-state index >= 15 is 0 Å². The standard InChI is InChI=1S/C13H23B/c1-11-6-2-3-7-12(11)13(10-14)8-4-5-9-13/h11-12H,2-10H2,1H3. The van der Waals surface area contributed by atoms with Gasteiger partial charge in [0.2, 0.25) is 0 Å². The molecule has 14 heavy (non-hydrogen) atoms. The van der Waals surface area contributed by atoms with Crippen LogP contribution in [0.5, 0.6) is 0 Å². The Morgan fingerprint density at radius 2 is 1.71 bits per heavy atom. The zero-order chi connectivity index (χ0) is 10.0. The zero-order valence-electron chi connectivity index (χ0n) is 9.60. The van der Waals surface area contributed by atoms with Crippen molar-refractivity contribution in [3.63, 3.8) is 0 Å². The van der Waals surface area contributed by atoms with Gasteiger partial charge in [-0.2, -0.15) is 0 Å². The van der Waals surface area contributed by atoms with E-state index < -0.39 is 0 Å². The lowest BCUT2D eigenvalue weighted by atomic mass is 9.59. The van der Waals surface area contributed by atoms with Crippen LogP contribution in [-0.2, 0) is 0 Å². The molecule has 0 N–H and O–H groups in total. The minimum absolute atomic E-state index is 0.555. The second kappa shape index (κ2) is 4.29. The molecular weight excluding hydrogens is 167 g/mol. The Morgan fingerprint density at radius 3 is 2.29 bits per heavy atom. The minimum atomic E-state index is 0.555. The van der Waals surface area contributed by atoms with Crippen LogP contribution >= 0.6 is 0 Å². The lowest BCUT2D eigenvalue weighted by Gasteiger charge is -2.43. The lowest BCUT2D eigenvalue weighted by molar-refractivity contribution is 0.0920.